The fourth-order valence-electron chi connectivity index (χ4n) is 2.64. The van der Waals surface area contributed by atoms with Crippen molar-refractivity contribution in [2.45, 2.75) is 18.9 Å². The van der Waals surface area contributed by atoms with E-state index >= 15 is 0 Å². The number of amides is 1. The standard InChI is InChI=1S/C20H23NO4/c22-20(21-11-13-24-17-7-2-1-3-8-17)16-6-4-9-18(14-16)25-15-19-10-5-12-23-19/h1-4,6-9,14,19H,5,10-13,15H2,(H,21,22). The van der Waals surface area contributed by atoms with Crippen LogP contribution in [-0.2, 0) is 4.74 Å². The van der Waals surface area contributed by atoms with Crippen LogP contribution < -0.4 is 14.8 Å². The van der Waals surface area contributed by atoms with E-state index in [1.165, 1.54) is 0 Å². The first kappa shape index (κ1) is 17.3. The Balaban J connectivity index is 1.42. The number of rotatable bonds is 8. The van der Waals surface area contributed by atoms with E-state index in [2.05, 4.69) is 5.32 Å². The molecule has 1 amide bonds. The molecule has 2 aromatic rings. The summed E-state index contributed by atoms with van der Waals surface area (Å²) in [5.41, 5.74) is 0.574. The SMILES string of the molecule is O=C(NCCOc1ccccc1)c1cccc(OCC2CCCO2)c1. The molecule has 25 heavy (non-hydrogen) atoms. The minimum atomic E-state index is -0.140. The van der Waals surface area contributed by atoms with Crippen molar-refractivity contribution in [3.63, 3.8) is 0 Å². The average Bonchev–Trinajstić information content (AvgIpc) is 3.18. The van der Waals surface area contributed by atoms with Gasteiger partial charge >= 0.3 is 0 Å². The second-order valence-corrected chi connectivity index (χ2v) is 5.89. The number of hydrogen-bond acceptors (Lipinski definition) is 4. The molecule has 0 saturated carbocycles. The molecule has 1 heterocycles. The molecular weight excluding hydrogens is 318 g/mol. The van der Waals surface area contributed by atoms with E-state index in [1.54, 1.807) is 12.1 Å². The van der Waals surface area contributed by atoms with Crippen molar-refractivity contribution in [1.82, 2.24) is 5.32 Å². The minimum Gasteiger partial charge on any atom is -0.492 e. The number of benzene rings is 2. The Kier molecular flexibility index (Phi) is 6.29. The van der Waals surface area contributed by atoms with Crippen molar-refractivity contribution in [1.29, 1.82) is 0 Å². The monoisotopic (exact) mass is 341 g/mol. The molecule has 3 rings (SSSR count). The van der Waals surface area contributed by atoms with Gasteiger partial charge in [0.25, 0.3) is 5.91 Å². The summed E-state index contributed by atoms with van der Waals surface area (Å²) in [6.07, 6.45) is 2.27. The van der Waals surface area contributed by atoms with Crippen molar-refractivity contribution in [2.75, 3.05) is 26.4 Å². The molecule has 1 saturated heterocycles. The second kappa shape index (κ2) is 9.08. The van der Waals surface area contributed by atoms with Crippen LogP contribution in [-0.4, -0.2) is 38.4 Å². The molecular formula is C20H23NO4. The molecule has 1 unspecified atom stereocenters. The average molecular weight is 341 g/mol. The summed E-state index contributed by atoms with van der Waals surface area (Å²) in [4.78, 5) is 12.2. The van der Waals surface area contributed by atoms with Gasteiger partial charge in [-0.05, 0) is 43.2 Å². The zero-order valence-electron chi connectivity index (χ0n) is 14.1. The van der Waals surface area contributed by atoms with Gasteiger partial charge in [-0.2, -0.15) is 0 Å². The molecule has 1 aliphatic rings. The second-order valence-electron chi connectivity index (χ2n) is 5.89. The fraction of sp³-hybridized carbons (Fsp3) is 0.350. The zero-order chi connectivity index (χ0) is 17.3. The van der Waals surface area contributed by atoms with Crippen LogP contribution in [0.2, 0.25) is 0 Å². The largest absolute Gasteiger partial charge is 0.492 e. The molecule has 1 fully saturated rings. The molecule has 5 nitrogen and oxygen atoms in total. The van der Waals surface area contributed by atoms with Gasteiger partial charge < -0.3 is 19.5 Å². The minimum absolute atomic E-state index is 0.140. The number of ether oxygens (including phenoxy) is 3. The van der Waals surface area contributed by atoms with Gasteiger partial charge in [0.05, 0.1) is 12.6 Å². The van der Waals surface area contributed by atoms with Gasteiger partial charge in [-0.3, -0.25) is 4.79 Å². The maximum absolute atomic E-state index is 12.2. The van der Waals surface area contributed by atoms with Crippen LogP contribution in [0.4, 0.5) is 0 Å². The van der Waals surface area contributed by atoms with Gasteiger partial charge in [0.2, 0.25) is 0 Å². The molecule has 0 bridgehead atoms. The summed E-state index contributed by atoms with van der Waals surface area (Å²) in [5, 5.41) is 2.85. The van der Waals surface area contributed by atoms with E-state index in [0.717, 1.165) is 25.2 Å². The third-order valence-corrected chi connectivity index (χ3v) is 3.96. The van der Waals surface area contributed by atoms with E-state index in [1.807, 2.05) is 42.5 Å². The Morgan fingerprint density at radius 2 is 1.92 bits per heavy atom. The highest BCUT2D eigenvalue weighted by molar-refractivity contribution is 5.94. The molecule has 1 atom stereocenters. The van der Waals surface area contributed by atoms with Crippen LogP contribution in [0.5, 0.6) is 11.5 Å². The van der Waals surface area contributed by atoms with Crippen molar-refractivity contribution in [2.24, 2.45) is 0 Å². The first-order valence-electron chi connectivity index (χ1n) is 8.62. The molecule has 0 radical (unpaired) electrons. The highest BCUT2D eigenvalue weighted by Crippen LogP contribution is 2.17. The van der Waals surface area contributed by atoms with E-state index < -0.39 is 0 Å². The summed E-state index contributed by atoms with van der Waals surface area (Å²) in [7, 11) is 0. The number of nitrogens with one attached hydrogen (secondary N) is 1. The first-order chi connectivity index (χ1) is 12.3. The Hall–Kier alpha value is -2.53. The summed E-state index contributed by atoms with van der Waals surface area (Å²) in [5.74, 6) is 1.34. The first-order valence-corrected chi connectivity index (χ1v) is 8.62. The van der Waals surface area contributed by atoms with Gasteiger partial charge in [0.15, 0.2) is 0 Å². The lowest BCUT2D eigenvalue weighted by molar-refractivity contribution is 0.0679. The molecule has 5 heteroatoms. The Labute approximate surface area is 147 Å². The van der Waals surface area contributed by atoms with Crippen LogP contribution >= 0.6 is 0 Å². The lowest BCUT2D eigenvalue weighted by Gasteiger charge is -2.12. The molecule has 0 aliphatic carbocycles. The molecule has 0 spiro atoms. The Morgan fingerprint density at radius 3 is 2.72 bits per heavy atom. The van der Waals surface area contributed by atoms with Crippen molar-refractivity contribution >= 4 is 5.91 Å². The van der Waals surface area contributed by atoms with Crippen LogP contribution in [0.25, 0.3) is 0 Å². The van der Waals surface area contributed by atoms with Crippen molar-refractivity contribution < 1.29 is 19.0 Å². The van der Waals surface area contributed by atoms with Gasteiger partial charge in [-0.1, -0.05) is 24.3 Å². The van der Waals surface area contributed by atoms with Crippen LogP contribution in [0.1, 0.15) is 23.2 Å². The molecule has 2 aromatic carbocycles. The maximum Gasteiger partial charge on any atom is 0.251 e. The quantitative estimate of drug-likeness (QED) is 0.750. The highest BCUT2D eigenvalue weighted by atomic mass is 16.5. The van der Waals surface area contributed by atoms with Gasteiger partial charge in [-0.15, -0.1) is 0 Å². The fourth-order valence-corrected chi connectivity index (χ4v) is 2.64. The summed E-state index contributed by atoms with van der Waals surface area (Å²) in [6.45, 7) is 2.19. The van der Waals surface area contributed by atoms with Crippen LogP contribution in [0, 0.1) is 0 Å². The van der Waals surface area contributed by atoms with E-state index in [9.17, 15) is 4.79 Å². The third-order valence-electron chi connectivity index (χ3n) is 3.96. The number of para-hydroxylation sites is 1. The van der Waals surface area contributed by atoms with E-state index in [0.29, 0.717) is 31.1 Å². The number of carbonyl (C=O) groups excluding carboxylic acids is 1. The molecule has 0 aromatic heterocycles. The lowest BCUT2D eigenvalue weighted by atomic mass is 10.2. The lowest BCUT2D eigenvalue weighted by Crippen LogP contribution is -2.28. The van der Waals surface area contributed by atoms with Crippen molar-refractivity contribution in [3.8, 4) is 11.5 Å². The summed E-state index contributed by atoms with van der Waals surface area (Å²) < 4.78 is 16.8. The Bertz CT molecular complexity index is 668. The predicted octanol–water partition coefficient (Wildman–Crippen LogP) is 3.05. The Morgan fingerprint density at radius 1 is 1.08 bits per heavy atom. The number of hydrogen-bond donors (Lipinski definition) is 1. The summed E-state index contributed by atoms with van der Waals surface area (Å²) >= 11 is 0. The van der Waals surface area contributed by atoms with Crippen LogP contribution in [0.3, 0.4) is 0 Å². The van der Waals surface area contributed by atoms with Gasteiger partial charge in [-0.25, -0.2) is 0 Å². The van der Waals surface area contributed by atoms with E-state index in [-0.39, 0.29) is 12.0 Å². The van der Waals surface area contributed by atoms with Crippen molar-refractivity contribution in [3.05, 3.63) is 60.2 Å². The normalized spacial score (nSPS) is 16.4. The molecule has 132 valence electrons. The van der Waals surface area contributed by atoms with Gasteiger partial charge in [0.1, 0.15) is 24.7 Å². The molecule has 1 N–H and O–H groups in total. The predicted molar refractivity (Wildman–Crippen MR) is 95.2 cm³/mol. The number of carbonyl (C=O) groups is 1. The zero-order valence-corrected chi connectivity index (χ0v) is 14.1. The van der Waals surface area contributed by atoms with E-state index in [4.69, 9.17) is 14.2 Å². The van der Waals surface area contributed by atoms with Crippen LogP contribution in [0.15, 0.2) is 54.6 Å². The maximum atomic E-state index is 12.2. The third kappa shape index (κ3) is 5.50. The molecule has 1 aliphatic heterocycles. The summed E-state index contributed by atoms with van der Waals surface area (Å²) in [6, 6.07) is 16.7. The topological polar surface area (TPSA) is 56.8 Å². The highest BCUT2D eigenvalue weighted by Gasteiger charge is 2.16. The van der Waals surface area contributed by atoms with Gasteiger partial charge in [0, 0.05) is 12.2 Å². The smallest absolute Gasteiger partial charge is 0.251 e.